The molecular weight excluding hydrogens is 837 g/mol. The molecule has 3 aromatic rings. The molecule has 6 saturated carbocycles. The minimum atomic E-state index is -4.27. The van der Waals surface area contributed by atoms with E-state index in [0.29, 0.717) is 0 Å². The van der Waals surface area contributed by atoms with Gasteiger partial charge in [0.15, 0.2) is 0 Å². The molecular formula is C53H82NiO3P2S+2. The van der Waals surface area contributed by atoms with E-state index in [-0.39, 0.29) is 37.2 Å². The first-order valence-corrected chi connectivity index (χ1v) is 29.9. The van der Waals surface area contributed by atoms with Crippen LogP contribution >= 0.6 is 15.8 Å². The molecule has 0 aliphatic heterocycles. The molecule has 9 rings (SSSR count). The van der Waals surface area contributed by atoms with Crippen LogP contribution in [-0.4, -0.2) is 46.9 Å². The van der Waals surface area contributed by atoms with Crippen LogP contribution in [0.25, 0.3) is 10.8 Å². The Morgan fingerprint density at radius 3 is 1.05 bits per heavy atom. The molecule has 60 heavy (non-hydrogen) atoms. The van der Waals surface area contributed by atoms with Gasteiger partial charge >= 0.3 is 16.5 Å². The van der Waals surface area contributed by atoms with E-state index in [1.54, 1.807) is 205 Å². The van der Waals surface area contributed by atoms with Gasteiger partial charge in [-0.25, -0.2) is 8.42 Å². The maximum absolute atomic E-state index is 10.4. The first-order valence-electron chi connectivity index (χ1n) is 25.0. The first-order chi connectivity index (χ1) is 28.9. The molecule has 0 atom stereocenters. The summed E-state index contributed by atoms with van der Waals surface area (Å²) >= 11 is 0. The molecule has 0 bridgehead atoms. The van der Waals surface area contributed by atoms with Gasteiger partial charge in [0, 0.05) is 15.8 Å². The third-order valence-corrected chi connectivity index (χ3v) is 25.3. The van der Waals surface area contributed by atoms with E-state index in [4.69, 9.17) is 0 Å². The summed E-state index contributed by atoms with van der Waals surface area (Å²) in [4.78, 5) is -0.178. The Kier molecular flexibility index (Phi) is 23.0. The quantitative estimate of drug-likeness (QED) is 0.103. The van der Waals surface area contributed by atoms with Crippen LogP contribution in [-0.2, 0) is 26.6 Å². The van der Waals surface area contributed by atoms with Crippen molar-refractivity contribution in [3.05, 3.63) is 78.4 Å². The van der Waals surface area contributed by atoms with Crippen molar-refractivity contribution in [2.24, 2.45) is 0 Å². The Morgan fingerprint density at radius 1 is 0.450 bits per heavy atom. The topological polar surface area (TPSA) is 57.2 Å². The zero-order valence-corrected chi connectivity index (χ0v) is 41.3. The van der Waals surface area contributed by atoms with Crippen LogP contribution < -0.4 is 0 Å². The van der Waals surface area contributed by atoms with Crippen LogP contribution in [0.4, 0.5) is 0 Å². The Labute approximate surface area is 380 Å². The van der Waals surface area contributed by atoms with Crippen molar-refractivity contribution in [1.29, 1.82) is 0 Å². The molecule has 0 aromatic heterocycles. The summed E-state index contributed by atoms with van der Waals surface area (Å²) in [7, 11) is -4.36. The second-order valence-corrected chi connectivity index (χ2v) is 27.8. The van der Waals surface area contributed by atoms with Gasteiger partial charge in [0.05, 0.1) is 38.8 Å². The summed E-state index contributed by atoms with van der Waals surface area (Å²) in [6.07, 6.45) is 47.6. The molecule has 0 amide bonds. The molecule has 6 aliphatic rings. The second kappa shape index (κ2) is 27.5. The zero-order valence-electron chi connectivity index (χ0n) is 37.5. The van der Waals surface area contributed by atoms with Crippen LogP contribution in [0.5, 0.6) is 0 Å². The van der Waals surface area contributed by atoms with Crippen LogP contribution in [0.3, 0.4) is 0 Å². The minimum Gasteiger partial charge on any atom is -0.744 e. The van der Waals surface area contributed by atoms with Crippen molar-refractivity contribution in [3.8, 4) is 0 Å². The summed E-state index contributed by atoms with van der Waals surface area (Å²) in [5.74, 6) is 0. The SMILES string of the molecule is C1CCC([PH+](C2CCCCC2)C2CCCCC2)CC1.C1CCC([PH+](C2CCCCC2)C2CCCCC2)CC1.Cc1ccc(S(=O)(=O)[O-])cc1.[Ni+2].[c-]1cccc2ccccc12. The smallest absolute Gasteiger partial charge is 0.744 e. The normalized spacial score (nSPS) is 22.1. The Balaban J connectivity index is 0.000000157. The Bertz CT molecular complexity index is 1480. The number of fused-ring (bicyclic) bond motifs is 1. The van der Waals surface area contributed by atoms with Gasteiger partial charge in [-0.15, -0.1) is 47.2 Å². The van der Waals surface area contributed by atoms with E-state index in [0.717, 1.165) is 5.56 Å². The predicted octanol–water partition coefficient (Wildman–Crippen LogP) is 15.9. The van der Waals surface area contributed by atoms with E-state index in [1.807, 2.05) is 31.2 Å². The van der Waals surface area contributed by atoms with Gasteiger partial charge in [-0.2, -0.15) is 0 Å². The molecule has 0 saturated heterocycles. The van der Waals surface area contributed by atoms with Crippen LogP contribution in [0, 0.1) is 13.0 Å². The number of aryl methyl sites for hydroxylation is 1. The van der Waals surface area contributed by atoms with Crippen molar-refractivity contribution in [1.82, 2.24) is 0 Å². The summed E-state index contributed by atoms with van der Waals surface area (Å²) in [5.41, 5.74) is 8.29. The van der Waals surface area contributed by atoms with Gasteiger partial charge in [-0.1, -0.05) is 68.4 Å². The summed E-state index contributed by atoms with van der Waals surface area (Å²) in [5, 5.41) is 2.44. The number of benzene rings is 3. The van der Waals surface area contributed by atoms with Crippen LogP contribution in [0.1, 0.15) is 198 Å². The summed E-state index contributed by atoms with van der Waals surface area (Å²) < 4.78 is 31.2. The number of rotatable bonds is 7. The molecule has 3 nitrogen and oxygen atoms in total. The molecule has 6 fully saturated rings. The van der Waals surface area contributed by atoms with Crippen molar-refractivity contribution in [2.45, 2.75) is 238 Å². The largest absolute Gasteiger partial charge is 2.00 e. The van der Waals surface area contributed by atoms with Crippen LogP contribution in [0.15, 0.2) is 71.6 Å². The van der Waals surface area contributed by atoms with Crippen molar-refractivity contribution in [3.63, 3.8) is 0 Å². The molecule has 7 heteroatoms. The maximum Gasteiger partial charge on any atom is 2.00 e. The van der Waals surface area contributed by atoms with E-state index in [9.17, 15) is 13.0 Å². The second-order valence-electron chi connectivity index (χ2n) is 19.5. The Morgan fingerprint density at radius 2 is 0.750 bits per heavy atom. The fraction of sp³-hybridized carbons (Fsp3) is 0.698. The van der Waals surface area contributed by atoms with E-state index >= 15 is 0 Å². The van der Waals surface area contributed by atoms with Gasteiger partial charge in [0.25, 0.3) is 0 Å². The number of hydrogen-bond acceptors (Lipinski definition) is 3. The van der Waals surface area contributed by atoms with Gasteiger partial charge < -0.3 is 4.55 Å². The third kappa shape index (κ3) is 16.3. The average molecular weight is 920 g/mol. The van der Waals surface area contributed by atoms with Gasteiger partial charge in [0.1, 0.15) is 10.1 Å². The summed E-state index contributed by atoms with van der Waals surface area (Å²) in [6.45, 7) is 1.82. The number of hydrogen-bond donors (Lipinski definition) is 0. The molecule has 0 radical (unpaired) electrons. The van der Waals surface area contributed by atoms with E-state index in [2.05, 4.69) is 24.3 Å². The first kappa shape index (κ1) is 50.2. The van der Waals surface area contributed by atoms with Crippen LogP contribution in [0.2, 0.25) is 0 Å². The monoisotopic (exact) mass is 918 g/mol. The van der Waals surface area contributed by atoms with E-state index < -0.39 is 10.1 Å². The molecule has 0 unspecified atom stereocenters. The standard InChI is InChI=1S/2C18H33P.C10H7.C7H8O3S.Ni/c2*1-4-10-16(11-5-1)19(17-12-6-2-7-13-17)18-14-8-3-9-15-18;1-2-6-10-8-4-3-7-9(10)5-1;1-6-2-4-7(5-3-6)11(8,9)10;/h2*16-18H,1-15H2;1-7H;2-5H,1H3,(H,8,9,10);/q;;-1;;+2/p+1. The molecule has 0 spiro atoms. The molecule has 3 aromatic carbocycles. The molecule has 0 heterocycles. The molecule has 336 valence electrons. The molecule has 6 aliphatic carbocycles. The zero-order chi connectivity index (χ0) is 41.1. The maximum atomic E-state index is 10.4. The van der Waals surface area contributed by atoms with Gasteiger partial charge in [0.2, 0.25) is 0 Å². The summed E-state index contributed by atoms with van der Waals surface area (Å²) in [6, 6.07) is 23.2. The minimum absolute atomic E-state index is 0. The van der Waals surface area contributed by atoms with Gasteiger partial charge in [-0.05, 0) is 173 Å². The predicted molar refractivity (Wildman–Crippen MR) is 260 cm³/mol. The average Bonchev–Trinajstić information content (AvgIpc) is 3.29. The molecule has 0 N–H and O–H groups in total. The fourth-order valence-corrected chi connectivity index (χ4v) is 23.3. The Hall–Kier alpha value is -0.816. The van der Waals surface area contributed by atoms with Crippen molar-refractivity contribution >= 4 is 36.7 Å². The van der Waals surface area contributed by atoms with E-state index in [1.165, 1.54) is 56.9 Å². The van der Waals surface area contributed by atoms with Gasteiger partial charge in [-0.3, -0.25) is 0 Å². The third-order valence-electron chi connectivity index (χ3n) is 15.3. The van der Waals surface area contributed by atoms with Crippen molar-refractivity contribution < 1.29 is 29.5 Å². The fourth-order valence-electron chi connectivity index (χ4n) is 12.4. The van der Waals surface area contributed by atoms with Crippen molar-refractivity contribution in [2.75, 3.05) is 0 Å².